The fourth-order valence-corrected chi connectivity index (χ4v) is 1.12. The summed E-state index contributed by atoms with van der Waals surface area (Å²) in [5.41, 5.74) is 0.0215. The Hall–Kier alpha value is -2.13. The van der Waals surface area contributed by atoms with Gasteiger partial charge < -0.3 is 10.1 Å². The van der Waals surface area contributed by atoms with Crippen molar-refractivity contribution in [2.24, 2.45) is 0 Å². The Morgan fingerprint density at radius 3 is 2.94 bits per heavy atom. The smallest absolute Gasteiger partial charge is 0.303 e. The number of pyridine rings is 1. The van der Waals surface area contributed by atoms with Crippen LogP contribution in [0.2, 0.25) is 0 Å². The van der Waals surface area contributed by atoms with E-state index in [-0.39, 0.29) is 11.4 Å². The summed E-state index contributed by atoms with van der Waals surface area (Å²) in [5.74, 6) is 5.81. The Balaban J connectivity index is 2.99. The molecule has 0 saturated heterocycles. The quantitative estimate of drug-likeness (QED) is 0.364. The minimum absolute atomic E-state index is 0.109. The normalized spacial score (nSPS) is 9.29. The molecule has 0 aliphatic carbocycles. The SMILES string of the molecule is CNCCC#Cc1nc(OC)ccc1[N+](=O)[O-]. The molecule has 0 saturated carbocycles. The molecule has 0 atom stereocenters. The predicted octanol–water partition coefficient (Wildman–Crippen LogP) is 0.959. The molecule has 1 rings (SSSR count). The second kappa shape index (κ2) is 6.45. The van der Waals surface area contributed by atoms with Crippen LogP contribution in [0, 0.1) is 22.0 Å². The third-order valence-corrected chi connectivity index (χ3v) is 1.96. The lowest BCUT2D eigenvalue weighted by Gasteiger charge is -1.99. The van der Waals surface area contributed by atoms with E-state index in [0.717, 1.165) is 6.54 Å². The van der Waals surface area contributed by atoms with E-state index >= 15 is 0 Å². The summed E-state index contributed by atoms with van der Waals surface area (Å²) >= 11 is 0. The Morgan fingerprint density at radius 1 is 1.59 bits per heavy atom. The molecule has 6 nitrogen and oxygen atoms in total. The largest absolute Gasteiger partial charge is 0.481 e. The van der Waals surface area contributed by atoms with E-state index in [0.29, 0.717) is 12.3 Å². The van der Waals surface area contributed by atoms with Crippen molar-refractivity contribution in [2.45, 2.75) is 6.42 Å². The first kappa shape index (κ1) is 12.9. The first-order valence-corrected chi connectivity index (χ1v) is 5.02. The summed E-state index contributed by atoms with van der Waals surface area (Å²) in [6.07, 6.45) is 0.604. The summed E-state index contributed by atoms with van der Waals surface area (Å²) in [5, 5.41) is 13.7. The summed E-state index contributed by atoms with van der Waals surface area (Å²) in [4.78, 5) is 14.2. The highest BCUT2D eigenvalue weighted by Gasteiger charge is 2.14. The zero-order chi connectivity index (χ0) is 12.7. The van der Waals surface area contributed by atoms with Gasteiger partial charge in [0.15, 0.2) is 5.69 Å². The minimum atomic E-state index is -0.505. The summed E-state index contributed by atoms with van der Waals surface area (Å²) in [6, 6.07) is 2.78. The average molecular weight is 235 g/mol. The molecule has 1 aromatic rings. The van der Waals surface area contributed by atoms with Gasteiger partial charge in [0.2, 0.25) is 5.88 Å². The van der Waals surface area contributed by atoms with E-state index in [1.807, 2.05) is 7.05 Å². The van der Waals surface area contributed by atoms with Crippen LogP contribution in [0.5, 0.6) is 5.88 Å². The maximum absolute atomic E-state index is 10.8. The predicted molar refractivity (Wildman–Crippen MR) is 62.9 cm³/mol. The molecule has 0 aliphatic rings. The van der Waals surface area contributed by atoms with Gasteiger partial charge in [0.25, 0.3) is 0 Å². The molecular weight excluding hydrogens is 222 g/mol. The maximum Gasteiger partial charge on any atom is 0.303 e. The highest BCUT2D eigenvalue weighted by molar-refractivity contribution is 5.47. The van der Waals surface area contributed by atoms with E-state index in [1.54, 1.807) is 0 Å². The first-order chi connectivity index (χ1) is 8.19. The van der Waals surface area contributed by atoms with Crippen LogP contribution in [0.25, 0.3) is 0 Å². The molecule has 90 valence electrons. The third-order valence-electron chi connectivity index (χ3n) is 1.96. The number of methoxy groups -OCH3 is 1. The number of hydrogen-bond acceptors (Lipinski definition) is 5. The molecule has 0 radical (unpaired) electrons. The molecule has 6 heteroatoms. The Morgan fingerprint density at radius 2 is 2.35 bits per heavy atom. The van der Waals surface area contributed by atoms with Crippen LogP contribution in [0.1, 0.15) is 12.1 Å². The first-order valence-electron chi connectivity index (χ1n) is 5.02. The molecule has 1 aromatic heterocycles. The zero-order valence-corrected chi connectivity index (χ0v) is 9.69. The van der Waals surface area contributed by atoms with Gasteiger partial charge >= 0.3 is 5.69 Å². The fraction of sp³-hybridized carbons (Fsp3) is 0.364. The Labute approximate surface area is 99.2 Å². The van der Waals surface area contributed by atoms with Gasteiger partial charge in [0.05, 0.1) is 12.0 Å². The lowest BCUT2D eigenvalue weighted by atomic mass is 10.3. The van der Waals surface area contributed by atoms with Gasteiger partial charge in [-0.25, -0.2) is 0 Å². The van der Waals surface area contributed by atoms with Crippen molar-refractivity contribution in [2.75, 3.05) is 20.7 Å². The van der Waals surface area contributed by atoms with Crippen LogP contribution in [0.3, 0.4) is 0 Å². The highest BCUT2D eigenvalue weighted by atomic mass is 16.6. The van der Waals surface area contributed by atoms with Crippen molar-refractivity contribution >= 4 is 5.69 Å². The standard InChI is InChI=1S/C11H13N3O3/c1-12-8-4-3-5-9-10(14(15)16)6-7-11(13-9)17-2/h6-7,12H,4,8H2,1-2H3. The average Bonchev–Trinajstić information content (AvgIpc) is 2.34. The van der Waals surface area contributed by atoms with Crippen LogP contribution >= 0.6 is 0 Å². The van der Waals surface area contributed by atoms with Crippen LogP contribution in [0.4, 0.5) is 5.69 Å². The van der Waals surface area contributed by atoms with Crippen LogP contribution < -0.4 is 10.1 Å². The van der Waals surface area contributed by atoms with Crippen molar-refractivity contribution in [1.82, 2.24) is 10.3 Å². The minimum Gasteiger partial charge on any atom is -0.481 e. The molecule has 0 unspecified atom stereocenters. The number of nitrogens with zero attached hydrogens (tertiary/aromatic N) is 2. The summed E-state index contributed by atoms with van der Waals surface area (Å²) in [7, 11) is 3.26. The van der Waals surface area contributed by atoms with Crippen molar-refractivity contribution in [3.63, 3.8) is 0 Å². The molecule has 0 aromatic carbocycles. The molecule has 0 amide bonds. The second-order valence-corrected chi connectivity index (χ2v) is 3.13. The fourth-order valence-electron chi connectivity index (χ4n) is 1.12. The molecule has 0 fully saturated rings. The van der Waals surface area contributed by atoms with Gasteiger partial charge in [-0.15, -0.1) is 0 Å². The lowest BCUT2D eigenvalue weighted by Crippen LogP contribution is -2.06. The molecule has 17 heavy (non-hydrogen) atoms. The monoisotopic (exact) mass is 235 g/mol. The van der Waals surface area contributed by atoms with Gasteiger partial charge in [-0.05, 0) is 13.0 Å². The van der Waals surface area contributed by atoms with Gasteiger partial charge in [0, 0.05) is 25.1 Å². The number of hydrogen-bond donors (Lipinski definition) is 1. The van der Waals surface area contributed by atoms with Gasteiger partial charge in [-0.3, -0.25) is 10.1 Å². The maximum atomic E-state index is 10.8. The second-order valence-electron chi connectivity index (χ2n) is 3.13. The summed E-state index contributed by atoms with van der Waals surface area (Å²) < 4.78 is 4.90. The van der Waals surface area contributed by atoms with Crippen LogP contribution in [-0.4, -0.2) is 30.6 Å². The zero-order valence-electron chi connectivity index (χ0n) is 9.69. The molecule has 1 N–H and O–H groups in total. The molecular formula is C11H13N3O3. The van der Waals surface area contributed by atoms with Gasteiger partial charge in [-0.1, -0.05) is 5.92 Å². The van der Waals surface area contributed by atoms with Crippen LogP contribution in [-0.2, 0) is 0 Å². The van der Waals surface area contributed by atoms with Gasteiger partial charge in [0.1, 0.15) is 0 Å². The lowest BCUT2D eigenvalue weighted by molar-refractivity contribution is -0.385. The number of ether oxygens (including phenoxy) is 1. The molecule has 0 spiro atoms. The number of rotatable bonds is 4. The van der Waals surface area contributed by atoms with Crippen molar-refractivity contribution in [3.05, 3.63) is 27.9 Å². The summed E-state index contributed by atoms with van der Waals surface area (Å²) in [6.45, 7) is 0.727. The highest BCUT2D eigenvalue weighted by Crippen LogP contribution is 2.18. The molecule has 1 heterocycles. The Bertz CT molecular complexity index is 463. The van der Waals surface area contributed by atoms with E-state index in [9.17, 15) is 10.1 Å². The van der Waals surface area contributed by atoms with E-state index in [1.165, 1.54) is 19.2 Å². The van der Waals surface area contributed by atoms with Crippen LogP contribution in [0.15, 0.2) is 12.1 Å². The van der Waals surface area contributed by atoms with E-state index in [4.69, 9.17) is 4.74 Å². The topological polar surface area (TPSA) is 77.3 Å². The number of nitrogens with one attached hydrogen (secondary N) is 1. The van der Waals surface area contributed by atoms with Crippen molar-refractivity contribution in [1.29, 1.82) is 0 Å². The van der Waals surface area contributed by atoms with Crippen molar-refractivity contribution < 1.29 is 9.66 Å². The third kappa shape index (κ3) is 3.74. The van der Waals surface area contributed by atoms with E-state index < -0.39 is 4.92 Å². The van der Waals surface area contributed by atoms with Gasteiger partial charge in [-0.2, -0.15) is 4.98 Å². The van der Waals surface area contributed by atoms with E-state index in [2.05, 4.69) is 22.1 Å². The molecule has 0 aliphatic heterocycles. The number of aromatic nitrogens is 1. The number of nitro groups is 1. The molecule has 0 bridgehead atoms. The van der Waals surface area contributed by atoms with Crippen molar-refractivity contribution in [3.8, 4) is 17.7 Å². The Kier molecular flexibility index (Phi) is 4.91.